The third kappa shape index (κ3) is 3.24. The van der Waals surface area contributed by atoms with Gasteiger partial charge in [-0.15, -0.1) is 11.8 Å². The van der Waals surface area contributed by atoms with Gasteiger partial charge < -0.3 is 10.6 Å². The minimum Gasteiger partial charge on any atom is -0.384 e. The second kappa shape index (κ2) is 5.87. The maximum atomic E-state index is 7.89. The molecule has 3 N–H and O–H groups in total. The quantitative estimate of drug-likeness (QED) is 0.476. The maximum Gasteiger partial charge on any atom is 0.126 e. The molecule has 0 amide bonds. The molecule has 19 heavy (non-hydrogen) atoms. The van der Waals surface area contributed by atoms with Crippen molar-refractivity contribution in [3.63, 3.8) is 0 Å². The lowest BCUT2D eigenvalue weighted by Crippen LogP contribution is -2.34. The van der Waals surface area contributed by atoms with E-state index in [0.29, 0.717) is 6.04 Å². The minimum absolute atomic E-state index is 0.168. The van der Waals surface area contributed by atoms with Gasteiger partial charge in [-0.05, 0) is 51.0 Å². The van der Waals surface area contributed by atoms with Crippen molar-refractivity contribution in [2.75, 3.05) is 17.7 Å². The summed E-state index contributed by atoms with van der Waals surface area (Å²) in [5.41, 5.74) is 7.82. The molecule has 0 spiro atoms. The molecule has 0 radical (unpaired) electrons. The van der Waals surface area contributed by atoms with E-state index in [1.54, 1.807) is 11.8 Å². The zero-order valence-corrected chi connectivity index (χ0v) is 12.8. The number of nitrogens with zero attached hydrogens (tertiary/aromatic N) is 1. The second-order valence-electron chi connectivity index (χ2n) is 5.46. The Morgan fingerprint density at radius 2 is 2.16 bits per heavy atom. The van der Waals surface area contributed by atoms with Crippen LogP contribution in [0.15, 0.2) is 23.1 Å². The Morgan fingerprint density at radius 1 is 1.47 bits per heavy atom. The summed E-state index contributed by atoms with van der Waals surface area (Å²) in [5, 5.41) is 7.89. The highest BCUT2D eigenvalue weighted by Crippen LogP contribution is 2.35. The van der Waals surface area contributed by atoms with E-state index in [0.717, 1.165) is 28.6 Å². The molecule has 0 aliphatic heterocycles. The molecule has 1 aromatic carbocycles. The van der Waals surface area contributed by atoms with Crippen molar-refractivity contribution in [2.45, 2.75) is 37.6 Å². The van der Waals surface area contributed by atoms with Crippen molar-refractivity contribution in [2.24, 2.45) is 11.7 Å². The van der Waals surface area contributed by atoms with Crippen molar-refractivity contribution in [3.05, 3.63) is 23.8 Å². The summed E-state index contributed by atoms with van der Waals surface area (Å²) < 4.78 is 0. The van der Waals surface area contributed by atoms with Gasteiger partial charge in [0.15, 0.2) is 0 Å². The van der Waals surface area contributed by atoms with Crippen LogP contribution in [0.5, 0.6) is 0 Å². The molecule has 0 saturated heterocycles. The average molecular weight is 277 g/mol. The zero-order chi connectivity index (χ0) is 14.0. The number of nitrogen functional groups attached to an aromatic ring is 1. The van der Waals surface area contributed by atoms with Crippen molar-refractivity contribution in [3.8, 4) is 0 Å². The lowest BCUT2D eigenvalue weighted by molar-refractivity contribution is 0.643. The van der Waals surface area contributed by atoms with Crippen LogP contribution in [0.4, 0.5) is 5.69 Å². The molecule has 0 aromatic heterocycles. The third-order valence-electron chi connectivity index (χ3n) is 3.58. The Kier molecular flexibility index (Phi) is 4.40. The monoisotopic (exact) mass is 277 g/mol. The maximum absolute atomic E-state index is 7.89. The molecule has 1 saturated carbocycles. The Hall–Kier alpha value is -1.16. The van der Waals surface area contributed by atoms with Gasteiger partial charge in [0.2, 0.25) is 0 Å². The van der Waals surface area contributed by atoms with Crippen LogP contribution in [0.25, 0.3) is 0 Å². The van der Waals surface area contributed by atoms with Crippen molar-refractivity contribution >= 4 is 23.3 Å². The first-order valence-electron chi connectivity index (χ1n) is 6.82. The molecule has 0 atom stereocenters. The number of benzene rings is 1. The van der Waals surface area contributed by atoms with Crippen LogP contribution < -0.4 is 10.6 Å². The molecule has 1 aliphatic rings. The molecule has 1 aliphatic carbocycles. The van der Waals surface area contributed by atoms with Crippen molar-refractivity contribution < 1.29 is 0 Å². The van der Waals surface area contributed by atoms with Crippen LogP contribution >= 0.6 is 11.8 Å². The summed E-state index contributed by atoms with van der Waals surface area (Å²) in [6, 6.07) is 6.63. The second-order valence-corrected chi connectivity index (χ2v) is 6.31. The molecule has 0 unspecified atom stereocenters. The highest BCUT2D eigenvalue weighted by molar-refractivity contribution is 7.98. The number of anilines is 1. The van der Waals surface area contributed by atoms with Gasteiger partial charge in [-0.25, -0.2) is 0 Å². The number of thioether (sulfide) groups is 1. The molecule has 1 aromatic rings. The van der Waals surface area contributed by atoms with Gasteiger partial charge in [-0.1, -0.05) is 6.07 Å². The van der Waals surface area contributed by atoms with Crippen LogP contribution in [-0.2, 0) is 0 Å². The van der Waals surface area contributed by atoms with E-state index in [-0.39, 0.29) is 5.84 Å². The van der Waals surface area contributed by atoms with Crippen LogP contribution in [0.3, 0.4) is 0 Å². The van der Waals surface area contributed by atoms with Gasteiger partial charge >= 0.3 is 0 Å². The molecule has 4 heteroatoms. The van der Waals surface area contributed by atoms with Crippen molar-refractivity contribution in [1.29, 1.82) is 5.41 Å². The molecule has 2 rings (SSSR count). The van der Waals surface area contributed by atoms with E-state index in [1.165, 1.54) is 12.8 Å². The minimum atomic E-state index is 0.168. The van der Waals surface area contributed by atoms with Crippen LogP contribution in [-0.4, -0.2) is 24.7 Å². The predicted molar refractivity (Wildman–Crippen MR) is 84.4 cm³/mol. The van der Waals surface area contributed by atoms with E-state index < -0.39 is 0 Å². The molecule has 0 bridgehead atoms. The highest BCUT2D eigenvalue weighted by Gasteiger charge is 2.27. The van der Waals surface area contributed by atoms with Crippen LogP contribution in [0, 0.1) is 11.3 Å². The lowest BCUT2D eigenvalue weighted by Gasteiger charge is -2.31. The van der Waals surface area contributed by atoms with E-state index in [2.05, 4.69) is 30.9 Å². The van der Waals surface area contributed by atoms with Gasteiger partial charge in [0.1, 0.15) is 5.84 Å². The van der Waals surface area contributed by atoms with Crippen LogP contribution in [0.1, 0.15) is 32.3 Å². The average Bonchev–Trinajstić information content (AvgIpc) is 3.18. The van der Waals surface area contributed by atoms with E-state index in [9.17, 15) is 0 Å². The number of hydrogen-bond acceptors (Lipinski definition) is 3. The summed E-state index contributed by atoms with van der Waals surface area (Å²) in [5.74, 6) is 0.988. The summed E-state index contributed by atoms with van der Waals surface area (Å²) in [6.45, 7) is 5.49. The Bertz CT molecular complexity index is 466. The van der Waals surface area contributed by atoms with Crippen LogP contribution in [0.2, 0.25) is 0 Å². The van der Waals surface area contributed by atoms with E-state index >= 15 is 0 Å². The van der Waals surface area contributed by atoms with Gasteiger partial charge in [-0.3, -0.25) is 5.41 Å². The highest BCUT2D eigenvalue weighted by atomic mass is 32.2. The largest absolute Gasteiger partial charge is 0.384 e. The molecular weight excluding hydrogens is 254 g/mol. The summed E-state index contributed by atoms with van der Waals surface area (Å²) >= 11 is 1.65. The smallest absolute Gasteiger partial charge is 0.126 e. The standard InChI is InChI=1S/C15H23N3S/c1-10(2)18(9-11-7-8-11)12-5-4-6-13(19-3)14(12)15(16)17/h4-6,10-11H,7-9H2,1-3H3,(H3,16,17). The first-order valence-corrected chi connectivity index (χ1v) is 8.05. The fourth-order valence-corrected chi connectivity index (χ4v) is 3.00. The fourth-order valence-electron chi connectivity index (χ4n) is 2.37. The topological polar surface area (TPSA) is 53.1 Å². The molecule has 0 heterocycles. The number of hydrogen-bond donors (Lipinski definition) is 2. The van der Waals surface area contributed by atoms with E-state index in [4.69, 9.17) is 11.1 Å². The Balaban J connectivity index is 2.42. The number of nitrogens with one attached hydrogen (secondary N) is 1. The number of rotatable bonds is 6. The SMILES string of the molecule is CSc1cccc(N(CC2CC2)C(C)C)c1C(=N)N. The first-order chi connectivity index (χ1) is 9.04. The predicted octanol–water partition coefficient (Wildman–Crippen LogP) is 3.32. The van der Waals surface area contributed by atoms with Gasteiger partial charge in [0, 0.05) is 23.2 Å². The van der Waals surface area contributed by atoms with Gasteiger partial charge in [-0.2, -0.15) is 0 Å². The summed E-state index contributed by atoms with van der Waals surface area (Å²) in [7, 11) is 0. The van der Waals surface area contributed by atoms with E-state index in [1.807, 2.05) is 12.3 Å². The molecule has 104 valence electrons. The third-order valence-corrected chi connectivity index (χ3v) is 4.36. The molecular formula is C15H23N3S. The Labute approximate surface area is 120 Å². The zero-order valence-electron chi connectivity index (χ0n) is 11.9. The van der Waals surface area contributed by atoms with Gasteiger partial charge in [0.05, 0.1) is 5.56 Å². The first kappa shape index (κ1) is 14.3. The Morgan fingerprint density at radius 3 is 2.63 bits per heavy atom. The number of amidine groups is 1. The summed E-state index contributed by atoms with van der Waals surface area (Å²) in [4.78, 5) is 3.49. The number of nitrogens with two attached hydrogens (primary N) is 1. The molecule has 3 nitrogen and oxygen atoms in total. The summed E-state index contributed by atoms with van der Waals surface area (Å²) in [6.07, 6.45) is 4.70. The normalized spacial score (nSPS) is 14.7. The lowest BCUT2D eigenvalue weighted by atomic mass is 10.1. The van der Waals surface area contributed by atoms with Crippen molar-refractivity contribution in [1.82, 2.24) is 0 Å². The fraction of sp³-hybridized carbons (Fsp3) is 0.533. The molecule has 1 fully saturated rings. The van der Waals surface area contributed by atoms with Gasteiger partial charge in [0.25, 0.3) is 0 Å².